The average Bonchev–Trinajstić information content (AvgIpc) is 2.18. The summed E-state index contributed by atoms with van der Waals surface area (Å²) in [6, 6.07) is 4.22. The van der Waals surface area contributed by atoms with Gasteiger partial charge in [0.25, 0.3) is 0 Å². The summed E-state index contributed by atoms with van der Waals surface area (Å²) in [5.41, 5.74) is 16.9. The molecule has 2 rings (SSSR count). The fourth-order valence-electron chi connectivity index (χ4n) is 2.35. The minimum Gasteiger partial charge on any atom is -0.398 e. The lowest BCUT2D eigenvalue weighted by Crippen LogP contribution is -2.14. The Morgan fingerprint density at radius 2 is 1.79 bits per heavy atom. The van der Waals surface area contributed by atoms with Crippen molar-refractivity contribution in [2.45, 2.75) is 38.6 Å². The Kier molecular flexibility index (Phi) is 2.46. The summed E-state index contributed by atoms with van der Waals surface area (Å²) in [5.74, 6) is 0. The van der Waals surface area contributed by atoms with Crippen LogP contribution in [0.25, 0.3) is 0 Å². The molecule has 0 spiro atoms. The first-order valence-electron chi connectivity index (χ1n) is 5.36. The summed E-state index contributed by atoms with van der Waals surface area (Å²) >= 11 is 0. The molecule has 0 unspecified atom stereocenters. The van der Waals surface area contributed by atoms with Crippen LogP contribution in [0.1, 0.15) is 42.5 Å². The number of hydrogen-bond donors (Lipinski definition) is 2. The lowest BCUT2D eigenvalue weighted by Gasteiger charge is -2.22. The van der Waals surface area contributed by atoms with Gasteiger partial charge >= 0.3 is 0 Å². The normalized spacial score (nSPS) is 17.6. The van der Waals surface area contributed by atoms with Crippen molar-refractivity contribution in [1.29, 1.82) is 0 Å². The maximum atomic E-state index is 5.97. The second-order valence-electron chi connectivity index (χ2n) is 4.20. The van der Waals surface area contributed by atoms with Crippen molar-refractivity contribution in [3.05, 3.63) is 28.8 Å². The lowest BCUT2D eigenvalue weighted by atomic mass is 9.85. The van der Waals surface area contributed by atoms with Crippen LogP contribution >= 0.6 is 0 Å². The van der Waals surface area contributed by atoms with Crippen LogP contribution in [0.3, 0.4) is 0 Å². The fraction of sp³-hybridized carbons (Fsp3) is 0.500. The van der Waals surface area contributed by atoms with Gasteiger partial charge in [0.2, 0.25) is 0 Å². The third-order valence-corrected chi connectivity index (χ3v) is 3.10. The SMILES string of the molecule is C[C@@H](N)c1ccc(N)c2c1CCCC2. The highest BCUT2D eigenvalue weighted by Gasteiger charge is 2.16. The zero-order chi connectivity index (χ0) is 10.1. The summed E-state index contributed by atoms with van der Waals surface area (Å²) in [4.78, 5) is 0. The molecule has 0 radical (unpaired) electrons. The molecule has 0 aromatic heterocycles. The van der Waals surface area contributed by atoms with Crippen molar-refractivity contribution in [2.24, 2.45) is 5.73 Å². The predicted octanol–water partition coefficient (Wildman–Crippen LogP) is 2.17. The molecule has 0 bridgehead atoms. The topological polar surface area (TPSA) is 52.0 Å². The molecule has 14 heavy (non-hydrogen) atoms. The Labute approximate surface area is 85.3 Å². The number of nitrogens with two attached hydrogens (primary N) is 2. The van der Waals surface area contributed by atoms with Gasteiger partial charge in [-0.05, 0) is 55.4 Å². The molecule has 2 nitrogen and oxygen atoms in total. The van der Waals surface area contributed by atoms with Crippen molar-refractivity contribution in [1.82, 2.24) is 0 Å². The standard InChI is InChI=1S/C12H18N2/c1-8(13)9-6-7-12(14)11-5-3-2-4-10(9)11/h6-8H,2-5,13-14H2,1H3/t8-/m1/s1. The van der Waals surface area contributed by atoms with Gasteiger partial charge in [0.05, 0.1) is 0 Å². The maximum absolute atomic E-state index is 5.97. The predicted molar refractivity (Wildman–Crippen MR) is 60.1 cm³/mol. The molecule has 76 valence electrons. The average molecular weight is 190 g/mol. The summed E-state index contributed by atoms with van der Waals surface area (Å²) in [7, 11) is 0. The Hall–Kier alpha value is -1.02. The third kappa shape index (κ3) is 1.50. The molecule has 0 aliphatic heterocycles. The van der Waals surface area contributed by atoms with Gasteiger partial charge in [-0.25, -0.2) is 0 Å². The molecule has 1 aliphatic rings. The Morgan fingerprint density at radius 1 is 1.14 bits per heavy atom. The molecule has 0 saturated heterocycles. The van der Waals surface area contributed by atoms with Crippen LogP contribution in [-0.4, -0.2) is 0 Å². The van der Waals surface area contributed by atoms with Crippen molar-refractivity contribution < 1.29 is 0 Å². The van der Waals surface area contributed by atoms with Crippen molar-refractivity contribution in [3.8, 4) is 0 Å². The fourth-order valence-corrected chi connectivity index (χ4v) is 2.35. The highest BCUT2D eigenvalue weighted by molar-refractivity contribution is 5.55. The van der Waals surface area contributed by atoms with Crippen LogP contribution in [0.5, 0.6) is 0 Å². The summed E-state index contributed by atoms with van der Waals surface area (Å²) in [6.45, 7) is 2.04. The van der Waals surface area contributed by atoms with Crippen LogP contribution in [0.4, 0.5) is 5.69 Å². The van der Waals surface area contributed by atoms with E-state index in [1.165, 1.54) is 29.5 Å². The first kappa shape index (κ1) is 9.53. The minimum absolute atomic E-state index is 0.127. The second kappa shape index (κ2) is 3.62. The summed E-state index contributed by atoms with van der Waals surface area (Å²) < 4.78 is 0. The molecule has 2 heteroatoms. The first-order chi connectivity index (χ1) is 6.70. The van der Waals surface area contributed by atoms with E-state index in [9.17, 15) is 0 Å². The van der Waals surface area contributed by atoms with E-state index in [4.69, 9.17) is 11.5 Å². The zero-order valence-corrected chi connectivity index (χ0v) is 8.72. The van der Waals surface area contributed by atoms with Crippen LogP contribution in [0, 0.1) is 0 Å². The lowest BCUT2D eigenvalue weighted by molar-refractivity contribution is 0.668. The number of rotatable bonds is 1. The van der Waals surface area contributed by atoms with Gasteiger partial charge in [0.15, 0.2) is 0 Å². The molecule has 0 heterocycles. The van der Waals surface area contributed by atoms with Gasteiger partial charge in [0, 0.05) is 11.7 Å². The Balaban J connectivity index is 2.53. The first-order valence-corrected chi connectivity index (χ1v) is 5.36. The molecule has 4 N–H and O–H groups in total. The molecule has 1 aromatic carbocycles. The van der Waals surface area contributed by atoms with E-state index in [0.717, 1.165) is 18.5 Å². The molecule has 1 atom stereocenters. The van der Waals surface area contributed by atoms with Gasteiger partial charge < -0.3 is 11.5 Å². The summed E-state index contributed by atoms with van der Waals surface area (Å²) in [6.07, 6.45) is 4.81. The van der Waals surface area contributed by atoms with Crippen LogP contribution in [0.15, 0.2) is 12.1 Å². The second-order valence-corrected chi connectivity index (χ2v) is 4.20. The van der Waals surface area contributed by atoms with E-state index >= 15 is 0 Å². The molecule has 0 fully saturated rings. The minimum atomic E-state index is 0.127. The maximum Gasteiger partial charge on any atom is 0.0349 e. The largest absolute Gasteiger partial charge is 0.398 e. The quantitative estimate of drug-likeness (QED) is 0.667. The van der Waals surface area contributed by atoms with Gasteiger partial charge in [-0.3, -0.25) is 0 Å². The van der Waals surface area contributed by atoms with E-state index < -0.39 is 0 Å². The van der Waals surface area contributed by atoms with E-state index in [2.05, 4.69) is 6.07 Å². The number of hydrogen-bond acceptors (Lipinski definition) is 2. The van der Waals surface area contributed by atoms with Crippen molar-refractivity contribution in [2.75, 3.05) is 5.73 Å². The van der Waals surface area contributed by atoms with E-state index in [1.54, 1.807) is 0 Å². The van der Waals surface area contributed by atoms with Gasteiger partial charge in [-0.1, -0.05) is 6.07 Å². The number of nitrogen functional groups attached to an aromatic ring is 1. The van der Waals surface area contributed by atoms with Gasteiger partial charge in [-0.15, -0.1) is 0 Å². The number of anilines is 1. The monoisotopic (exact) mass is 190 g/mol. The van der Waals surface area contributed by atoms with Gasteiger partial charge in [0.1, 0.15) is 0 Å². The van der Waals surface area contributed by atoms with E-state index in [1.807, 2.05) is 13.0 Å². The molecular formula is C12H18N2. The van der Waals surface area contributed by atoms with Gasteiger partial charge in [-0.2, -0.15) is 0 Å². The Bertz CT molecular complexity index is 342. The van der Waals surface area contributed by atoms with Crippen LogP contribution < -0.4 is 11.5 Å². The molecular weight excluding hydrogens is 172 g/mol. The third-order valence-electron chi connectivity index (χ3n) is 3.10. The number of fused-ring (bicyclic) bond motifs is 1. The molecule has 1 aromatic rings. The molecule has 1 aliphatic carbocycles. The Morgan fingerprint density at radius 3 is 2.43 bits per heavy atom. The van der Waals surface area contributed by atoms with Crippen molar-refractivity contribution in [3.63, 3.8) is 0 Å². The van der Waals surface area contributed by atoms with E-state index in [-0.39, 0.29) is 6.04 Å². The molecule has 0 amide bonds. The highest BCUT2D eigenvalue weighted by Crippen LogP contribution is 2.31. The zero-order valence-electron chi connectivity index (χ0n) is 8.72. The van der Waals surface area contributed by atoms with Crippen LogP contribution in [-0.2, 0) is 12.8 Å². The van der Waals surface area contributed by atoms with Crippen molar-refractivity contribution >= 4 is 5.69 Å². The van der Waals surface area contributed by atoms with Crippen LogP contribution in [0.2, 0.25) is 0 Å². The smallest absolute Gasteiger partial charge is 0.0349 e. The summed E-state index contributed by atoms with van der Waals surface area (Å²) in [5, 5.41) is 0. The van der Waals surface area contributed by atoms with E-state index in [0.29, 0.717) is 0 Å². The highest BCUT2D eigenvalue weighted by atomic mass is 14.6. The number of benzene rings is 1. The molecule has 0 saturated carbocycles.